The lowest BCUT2D eigenvalue weighted by Gasteiger charge is -2.34. The molecule has 0 bridgehead atoms. The highest BCUT2D eigenvalue weighted by molar-refractivity contribution is 5.90. The molecule has 0 heterocycles. The standard InChI is InChI=1S/C24H35NO4/c1-8-12-20(16-15-18(2)3)24(21(26)28-7,17-19-13-10-9-11-14-19)25-22(27)29-23(4,5)6/h9-11,13-15,18H,8,12,17H2,1-7H3,(H,25,27). The SMILES string of the molecule is CCCC(=C=CC(C)C)C(Cc1ccccc1)(NC(=O)OC(C)(C)C)C(=O)OC. The molecule has 1 N–H and O–H groups in total. The molecule has 1 unspecified atom stereocenters. The molecule has 1 aromatic rings. The van der Waals surface area contributed by atoms with Gasteiger partial charge in [-0.15, -0.1) is 5.73 Å². The van der Waals surface area contributed by atoms with Crippen LogP contribution < -0.4 is 5.32 Å². The van der Waals surface area contributed by atoms with Gasteiger partial charge in [0.1, 0.15) is 5.60 Å². The van der Waals surface area contributed by atoms with Crippen molar-refractivity contribution in [2.24, 2.45) is 5.92 Å². The van der Waals surface area contributed by atoms with Gasteiger partial charge in [-0.05, 0) is 44.7 Å². The number of methoxy groups -OCH3 is 1. The Morgan fingerprint density at radius 1 is 1.17 bits per heavy atom. The molecule has 1 rings (SSSR count). The van der Waals surface area contributed by atoms with E-state index in [1.54, 1.807) is 20.8 Å². The number of hydrogen-bond acceptors (Lipinski definition) is 4. The van der Waals surface area contributed by atoms with Crippen molar-refractivity contribution in [2.45, 2.75) is 71.9 Å². The number of alkyl carbamates (subject to hydrolysis) is 1. The largest absolute Gasteiger partial charge is 0.467 e. The molecule has 0 aliphatic rings. The molecule has 1 amide bonds. The maximum Gasteiger partial charge on any atom is 0.408 e. The van der Waals surface area contributed by atoms with Gasteiger partial charge in [-0.2, -0.15) is 0 Å². The number of ether oxygens (including phenoxy) is 2. The van der Waals surface area contributed by atoms with Crippen LogP contribution in [0.2, 0.25) is 0 Å². The molecule has 29 heavy (non-hydrogen) atoms. The number of hydrogen-bond donors (Lipinski definition) is 1. The second-order valence-electron chi connectivity index (χ2n) is 8.47. The van der Waals surface area contributed by atoms with Crippen molar-refractivity contribution in [1.29, 1.82) is 0 Å². The summed E-state index contributed by atoms with van der Waals surface area (Å²) in [5, 5.41) is 2.84. The zero-order valence-electron chi connectivity index (χ0n) is 18.8. The Bertz CT molecular complexity index is 740. The first kappa shape index (κ1) is 24.5. The predicted molar refractivity (Wildman–Crippen MR) is 116 cm³/mol. The number of benzene rings is 1. The van der Waals surface area contributed by atoms with Crippen molar-refractivity contribution in [3.8, 4) is 0 Å². The van der Waals surface area contributed by atoms with Gasteiger partial charge in [0.15, 0.2) is 5.54 Å². The molecule has 0 aliphatic heterocycles. The Kier molecular flexibility index (Phi) is 9.19. The Balaban J connectivity index is 3.60. The summed E-state index contributed by atoms with van der Waals surface area (Å²) < 4.78 is 10.6. The van der Waals surface area contributed by atoms with E-state index >= 15 is 0 Å². The van der Waals surface area contributed by atoms with E-state index in [0.717, 1.165) is 12.0 Å². The third kappa shape index (κ3) is 7.78. The average molecular weight is 402 g/mol. The summed E-state index contributed by atoms with van der Waals surface area (Å²) in [6.07, 6.45) is 2.86. The molecule has 0 fully saturated rings. The highest BCUT2D eigenvalue weighted by Crippen LogP contribution is 2.28. The van der Waals surface area contributed by atoms with Gasteiger partial charge in [0.2, 0.25) is 0 Å². The molecule has 160 valence electrons. The quantitative estimate of drug-likeness (QED) is 0.480. The first-order valence-corrected chi connectivity index (χ1v) is 10.1. The molecular weight excluding hydrogens is 366 g/mol. The van der Waals surface area contributed by atoms with Crippen LogP contribution >= 0.6 is 0 Å². The maximum atomic E-state index is 13.1. The minimum atomic E-state index is -1.40. The van der Waals surface area contributed by atoms with E-state index in [2.05, 4.69) is 11.0 Å². The van der Waals surface area contributed by atoms with Crippen LogP contribution in [0.15, 0.2) is 47.7 Å². The zero-order chi connectivity index (χ0) is 22.1. The third-order valence-corrected chi connectivity index (χ3v) is 4.17. The second-order valence-corrected chi connectivity index (χ2v) is 8.47. The van der Waals surface area contributed by atoms with Gasteiger partial charge in [-0.25, -0.2) is 9.59 Å². The molecule has 1 aromatic carbocycles. The molecule has 0 saturated carbocycles. The van der Waals surface area contributed by atoms with Crippen LogP contribution in [0.1, 0.15) is 59.9 Å². The van der Waals surface area contributed by atoms with Crippen molar-refractivity contribution >= 4 is 12.1 Å². The number of carbonyl (C=O) groups excluding carboxylic acids is 2. The van der Waals surface area contributed by atoms with Crippen LogP contribution in [0.4, 0.5) is 4.79 Å². The number of amides is 1. The smallest absolute Gasteiger partial charge is 0.408 e. The number of nitrogens with one attached hydrogen (secondary N) is 1. The normalized spacial score (nSPS) is 13.1. The Morgan fingerprint density at radius 2 is 1.79 bits per heavy atom. The van der Waals surface area contributed by atoms with Crippen molar-refractivity contribution in [1.82, 2.24) is 5.32 Å². The molecule has 0 radical (unpaired) electrons. The van der Waals surface area contributed by atoms with Gasteiger partial charge < -0.3 is 14.8 Å². The van der Waals surface area contributed by atoms with Crippen molar-refractivity contribution in [3.05, 3.63) is 53.3 Å². The molecule has 1 atom stereocenters. The fourth-order valence-corrected chi connectivity index (χ4v) is 2.95. The molecule has 0 spiro atoms. The zero-order valence-corrected chi connectivity index (χ0v) is 18.8. The predicted octanol–water partition coefficient (Wildman–Crippen LogP) is 5.20. The lowest BCUT2D eigenvalue weighted by atomic mass is 9.81. The Labute approximate surface area is 175 Å². The maximum absolute atomic E-state index is 13.1. The molecule has 0 aliphatic carbocycles. The monoisotopic (exact) mass is 401 g/mol. The first-order chi connectivity index (χ1) is 13.5. The van der Waals surface area contributed by atoms with Crippen LogP contribution in [-0.2, 0) is 20.7 Å². The van der Waals surface area contributed by atoms with E-state index in [1.165, 1.54) is 7.11 Å². The third-order valence-electron chi connectivity index (χ3n) is 4.17. The fraction of sp³-hybridized carbons (Fsp3) is 0.542. The summed E-state index contributed by atoms with van der Waals surface area (Å²) in [5.41, 5.74) is 2.76. The minimum absolute atomic E-state index is 0.244. The molecule has 0 aromatic heterocycles. The Morgan fingerprint density at radius 3 is 2.28 bits per heavy atom. The van der Waals surface area contributed by atoms with Crippen LogP contribution in [0.5, 0.6) is 0 Å². The van der Waals surface area contributed by atoms with Crippen molar-refractivity contribution in [2.75, 3.05) is 7.11 Å². The average Bonchev–Trinajstić information content (AvgIpc) is 2.63. The van der Waals surface area contributed by atoms with E-state index in [-0.39, 0.29) is 12.3 Å². The lowest BCUT2D eigenvalue weighted by molar-refractivity contribution is -0.147. The topological polar surface area (TPSA) is 64.6 Å². The van der Waals surface area contributed by atoms with E-state index in [0.29, 0.717) is 12.0 Å². The van der Waals surface area contributed by atoms with Crippen LogP contribution in [0.3, 0.4) is 0 Å². The molecule has 5 nitrogen and oxygen atoms in total. The first-order valence-electron chi connectivity index (χ1n) is 10.1. The van der Waals surface area contributed by atoms with E-state index in [4.69, 9.17) is 9.47 Å². The van der Waals surface area contributed by atoms with E-state index < -0.39 is 23.2 Å². The summed E-state index contributed by atoms with van der Waals surface area (Å²) >= 11 is 0. The van der Waals surface area contributed by atoms with Crippen molar-refractivity contribution in [3.63, 3.8) is 0 Å². The number of esters is 1. The number of rotatable bonds is 8. The van der Waals surface area contributed by atoms with Gasteiger partial charge in [0, 0.05) is 12.0 Å². The van der Waals surface area contributed by atoms with E-state index in [9.17, 15) is 9.59 Å². The van der Waals surface area contributed by atoms with Gasteiger partial charge in [0.25, 0.3) is 0 Å². The Hall–Kier alpha value is -2.52. The number of carbonyl (C=O) groups is 2. The summed E-state index contributed by atoms with van der Waals surface area (Å²) in [5.74, 6) is -0.296. The minimum Gasteiger partial charge on any atom is -0.467 e. The summed E-state index contributed by atoms with van der Waals surface area (Å²) in [7, 11) is 1.33. The summed E-state index contributed by atoms with van der Waals surface area (Å²) in [4.78, 5) is 25.9. The van der Waals surface area contributed by atoms with Crippen LogP contribution in [0, 0.1) is 5.92 Å². The molecule has 0 saturated heterocycles. The second kappa shape index (κ2) is 10.9. The van der Waals surface area contributed by atoms with Gasteiger partial charge >= 0.3 is 12.1 Å². The van der Waals surface area contributed by atoms with Gasteiger partial charge in [-0.1, -0.05) is 57.5 Å². The van der Waals surface area contributed by atoms with Gasteiger partial charge in [-0.3, -0.25) is 0 Å². The summed E-state index contributed by atoms with van der Waals surface area (Å²) in [6.45, 7) is 11.4. The van der Waals surface area contributed by atoms with Gasteiger partial charge in [0.05, 0.1) is 7.11 Å². The lowest BCUT2D eigenvalue weighted by Crippen LogP contribution is -2.58. The van der Waals surface area contributed by atoms with Crippen molar-refractivity contribution < 1.29 is 19.1 Å². The molecule has 5 heteroatoms. The van der Waals surface area contributed by atoms with Crippen LogP contribution in [0.25, 0.3) is 0 Å². The molecular formula is C24H35NO4. The highest BCUT2D eigenvalue weighted by atomic mass is 16.6. The van der Waals surface area contributed by atoms with E-state index in [1.807, 2.05) is 57.2 Å². The van der Waals surface area contributed by atoms with Crippen LogP contribution in [-0.4, -0.2) is 30.3 Å². The highest BCUT2D eigenvalue weighted by Gasteiger charge is 2.45. The summed E-state index contributed by atoms with van der Waals surface area (Å²) in [6, 6.07) is 9.55. The fourth-order valence-electron chi connectivity index (χ4n) is 2.95.